The quantitative estimate of drug-likeness (QED) is 0.882. The SMILES string of the molecule is CC1=C(C#N)[C@](Nc2nc3ccccc3s2)(C(F)(F)F)C(=O)N1. The number of carbonyl (C=O) groups excluding carboxylic acids is 1. The van der Waals surface area contributed by atoms with Gasteiger partial charge in [0.15, 0.2) is 5.13 Å². The molecule has 1 amide bonds. The lowest BCUT2D eigenvalue weighted by atomic mass is 9.90. The Labute approximate surface area is 132 Å². The number of alkyl halides is 3. The smallest absolute Gasteiger partial charge is 0.335 e. The van der Waals surface area contributed by atoms with Crippen molar-refractivity contribution in [1.82, 2.24) is 10.3 Å². The van der Waals surface area contributed by atoms with Gasteiger partial charge in [-0.25, -0.2) is 4.98 Å². The van der Waals surface area contributed by atoms with Crippen LogP contribution in [-0.2, 0) is 4.79 Å². The standard InChI is InChI=1S/C14H9F3N4OS/c1-7-8(6-18)13(11(22)19-7,14(15,16)17)21-12-20-9-4-2-3-5-10(9)23-12/h2-5H,1H3,(H,19,22)(H,20,21)/t13-/m1/s1. The zero-order valence-corrected chi connectivity index (χ0v) is 12.5. The molecule has 0 fully saturated rings. The number of nitrogens with one attached hydrogen (secondary N) is 2. The van der Waals surface area contributed by atoms with Crippen LogP contribution >= 0.6 is 11.3 Å². The molecule has 1 aliphatic rings. The van der Waals surface area contributed by atoms with Gasteiger partial charge in [0.05, 0.1) is 21.9 Å². The van der Waals surface area contributed by atoms with E-state index in [0.717, 1.165) is 11.3 Å². The Hall–Kier alpha value is -2.60. The molecule has 1 aromatic carbocycles. The number of nitrogens with zero attached hydrogens (tertiary/aromatic N) is 2. The number of carbonyl (C=O) groups is 1. The fraction of sp³-hybridized carbons (Fsp3) is 0.214. The van der Waals surface area contributed by atoms with Crippen LogP contribution in [0.25, 0.3) is 10.2 Å². The number of allylic oxidation sites excluding steroid dienone is 1. The van der Waals surface area contributed by atoms with E-state index >= 15 is 0 Å². The molecule has 2 aromatic rings. The summed E-state index contributed by atoms with van der Waals surface area (Å²) in [6.07, 6.45) is -5.00. The van der Waals surface area contributed by atoms with Crippen molar-refractivity contribution in [1.29, 1.82) is 5.26 Å². The van der Waals surface area contributed by atoms with Gasteiger partial charge in [0.2, 0.25) is 0 Å². The van der Waals surface area contributed by atoms with E-state index in [1.807, 2.05) is 0 Å². The van der Waals surface area contributed by atoms with Gasteiger partial charge in [0.1, 0.15) is 0 Å². The van der Waals surface area contributed by atoms with Crippen LogP contribution in [0.5, 0.6) is 0 Å². The topological polar surface area (TPSA) is 77.8 Å². The Morgan fingerprint density at radius 1 is 1.39 bits per heavy atom. The summed E-state index contributed by atoms with van der Waals surface area (Å²) in [5, 5.41) is 13.3. The molecule has 3 rings (SSSR count). The fourth-order valence-corrected chi connectivity index (χ4v) is 3.36. The second-order valence-corrected chi connectivity index (χ2v) is 5.96. The Morgan fingerprint density at radius 3 is 2.70 bits per heavy atom. The van der Waals surface area contributed by atoms with Crippen molar-refractivity contribution in [2.24, 2.45) is 0 Å². The highest BCUT2D eigenvalue weighted by Gasteiger charge is 2.67. The van der Waals surface area contributed by atoms with Crippen LogP contribution in [0.2, 0.25) is 0 Å². The molecule has 1 atom stereocenters. The molecule has 23 heavy (non-hydrogen) atoms. The van der Waals surface area contributed by atoms with Crippen molar-refractivity contribution in [3.8, 4) is 6.07 Å². The number of aromatic nitrogens is 1. The summed E-state index contributed by atoms with van der Waals surface area (Å²) in [4.78, 5) is 16.1. The lowest BCUT2D eigenvalue weighted by molar-refractivity contribution is -0.174. The largest absolute Gasteiger partial charge is 0.425 e. The summed E-state index contributed by atoms with van der Waals surface area (Å²) in [6, 6.07) is 8.28. The zero-order chi connectivity index (χ0) is 16.8. The van der Waals surface area contributed by atoms with Gasteiger partial charge in [-0.3, -0.25) is 4.79 Å². The molecule has 0 radical (unpaired) electrons. The highest BCUT2D eigenvalue weighted by Crippen LogP contribution is 2.44. The monoisotopic (exact) mass is 338 g/mol. The van der Waals surface area contributed by atoms with Gasteiger partial charge in [0.25, 0.3) is 11.4 Å². The van der Waals surface area contributed by atoms with Crippen molar-refractivity contribution in [2.75, 3.05) is 5.32 Å². The second-order valence-electron chi connectivity index (χ2n) is 4.93. The van der Waals surface area contributed by atoms with Crippen LogP contribution < -0.4 is 10.6 Å². The van der Waals surface area contributed by atoms with E-state index in [0.29, 0.717) is 10.2 Å². The Kier molecular flexibility index (Phi) is 3.30. The fourth-order valence-electron chi connectivity index (χ4n) is 2.44. The number of rotatable bonds is 2. The molecule has 0 saturated heterocycles. The van der Waals surface area contributed by atoms with E-state index in [9.17, 15) is 18.0 Å². The zero-order valence-electron chi connectivity index (χ0n) is 11.7. The minimum Gasteiger partial charge on any atom is -0.335 e. The average Bonchev–Trinajstić information content (AvgIpc) is 2.97. The third-order valence-corrected chi connectivity index (χ3v) is 4.47. The molecule has 0 unspecified atom stereocenters. The number of hydrogen-bond donors (Lipinski definition) is 2. The predicted octanol–water partition coefficient (Wildman–Crippen LogP) is 2.94. The number of hydrogen-bond acceptors (Lipinski definition) is 5. The van der Waals surface area contributed by atoms with Crippen molar-refractivity contribution in [3.63, 3.8) is 0 Å². The normalized spacial score (nSPS) is 21.4. The summed E-state index contributed by atoms with van der Waals surface area (Å²) in [5.41, 5.74) is -3.44. The molecule has 5 nitrogen and oxygen atoms in total. The van der Waals surface area contributed by atoms with E-state index in [1.54, 1.807) is 24.3 Å². The maximum atomic E-state index is 13.7. The lowest BCUT2D eigenvalue weighted by Crippen LogP contribution is -2.59. The van der Waals surface area contributed by atoms with Gasteiger partial charge in [-0.2, -0.15) is 18.4 Å². The number of thiazole rings is 1. The highest BCUT2D eigenvalue weighted by atomic mass is 32.1. The van der Waals surface area contributed by atoms with Crippen molar-refractivity contribution in [2.45, 2.75) is 18.6 Å². The van der Waals surface area contributed by atoms with Gasteiger partial charge >= 0.3 is 6.18 Å². The summed E-state index contributed by atoms with van der Waals surface area (Å²) in [7, 11) is 0. The maximum absolute atomic E-state index is 13.7. The molecule has 0 bridgehead atoms. The molecule has 9 heteroatoms. The Morgan fingerprint density at radius 2 is 2.09 bits per heavy atom. The van der Waals surface area contributed by atoms with E-state index in [2.05, 4.69) is 15.6 Å². The van der Waals surface area contributed by atoms with Crippen LogP contribution in [0.4, 0.5) is 18.3 Å². The third kappa shape index (κ3) is 2.14. The number of fused-ring (bicyclic) bond motifs is 1. The minimum atomic E-state index is -5.00. The molecule has 1 aliphatic heterocycles. The van der Waals surface area contributed by atoms with Crippen LogP contribution in [-0.4, -0.2) is 22.6 Å². The first-order valence-electron chi connectivity index (χ1n) is 6.43. The number of para-hydroxylation sites is 1. The second kappa shape index (κ2) is 4.96. The minimum absolute atomic E-state index is 0.0823. The molecular weight excluding hydrogens is 329 g/mol. The Balaban J connectivity index is 2.15. The summed E-state index contributed by atoms with van der Waals surface area (Å²) >= 11 is 0.980. The lowest BCUT2D eigenvalue weighted by Gasteiger charge is -2.30. The van der Waals surface area contributed by atoms with Crippen molar-refractivity contribution < 1.29 is 18.0 Å². The molecule has 118 valence electrons. The van der Waals surface area contributed by atoms with Gasteiger partial charge in [-0.1, -0.05) is 23.5 Å². The molecule has 2 N–H and O–H groups in total. The first kappa shape index (κ1) is 15.3. The summed E-state index contributed by atoms with van der Waals surface area (Å²) in [5.74, 6) is -1.33. The number of halogens is 3. The third-order valence-electron chi connectivity index (χ3n) is 3.52. The molecule has 0 aliphatic carbocycles. The number of anilines is 1. The van der Waals surface area contributed by atoms with Crippen LogP contribution in [0.3, 0.4) is 0 Å². The molecule has 2 heterocycles. The number of amides is 1. The van der Waals surface area contributed by atoms with Gasteiger partial charge in [0, 0.05) is 5.70 Å². The van der Waals surface area contributed by atoms with E-state index < -0.39 is 23.2 Å². The first-order valence-corrected chi connectivity index (χ1v) is 7.24. The molecule has 0 spiro atoms. The van der Waals surface area contributed by atoms with Gasteiger partial charge < -0.3 is 10.6 Å². The van der Waals surface area contributed by atoms with E-state index in [1.165, 1.54) is 13.0 Å². The average molecular weight is 338 g/mol. The highest BCUT2D eigenvalue weighted by molar-refractivity contribution is 7.22. The molecule has 1 aromatic heterocycles. The number of benzene rings is 1. The van der Waals surface area contributed by atoms with Crippen LogP contribution in [0, 0.1) is 11.3 Å². The Bertz CT molecular complexity index is 847. The van der Waals surface area contributed by atoms with Crippen molar-refractivity contribution in [3.05, 3.63) is 35.5 Å². The van der Waals surface area contributed by atoms with Gasteiger partial charge in [-0.05, 0) is 19.1 Å². The molecular formula is C14H9F3N4OS. The summed E-state index contributed by atoms with van der Waals surface area (Å²) < 4.78 is 41.7. The van der Waals surface area contributed by atoms with E-state index in [-0.39, 0.29) is 10.8 Å². The van der Waals surface area contributed by atoms with E-state index in [4.69, 9.17) is 5.26 Å². The first-order chi connectivity index (χ1) is 10.8. The molecule has 0 saturated carbocycles. The van der Waals surface area contributed by atoms with Crippen LogP contribution in [0.1, 0.15) is 6.92 Å². The van der Waals surface area contributed by atoms with Crippen molar-refractivity contribution >= 4 is 32.6 Å². The maximum Gasteiger partial charge on any atom is 0.425 e. The summed E-state index contributed by atoms with van der Waals surface area (Å²) in [6.45, 7) is 1.25. The van der Waals surface area contributed by atoms with Crippen LogP contribution in [0.15, 0.2) is 35.5 Å². The predicted molar refractivity (Wildman–Crippen MR) is 78.5 cm³/mol. The van der Waals surface area contributed by atoms with Gasteiger partial charge in [-0.15, -0.1) is 0 Å². The number of nitriles is 1.